The number of aromatic nitrogens is 4. The third kappa shape index (κ3) is 3.56. The van der Waals surface area contributed by atoms with E-state index in [-0.39, 0.29) is 12.0 Å². The third-order valence-electron chi connectivity index (χ3n) is 5.05. The first-order valence-electron chi connectivity index (χ1n) is 9.03. The zero-order valence-electron chi connectivity index (χ0n) is 14.3. The summed E-state index contributed by atoms with van der Waals surface area (Å²) in [6.07, 6.45) is 9.29. The Kier molecular flexibility index (Phi) is 4.74. The maximum absolute atomic E-state index is 12.9. The molecule has 0 saturated carbocycles. The molecule has 1 atom stereocenters. The Morgan fingerprint density at radius 2 is 2.28 bits per heavy atom. The second-order valence-electron chi connectivity index (χ2n) is 6.72. The number of morpholine rings is 1. The molecule has 3 heterocycles. The number of aryl methyl sites for hydroxylation is 2. The second-order valence-corrected chi connectivity index (χ2v) is 6.72. The van der Waals surface area contributed by atoms with Crippen LogP contribution in [0.25, 0.3) is 0 Å². The smallest absolute Gasteiger partial charge is 0.274 e. The lowest BCUT2D eigenvalue weighted by Gasteiger charge is -2.33. The van der Waals surface area contributed by atoms with E-state index in [0.717, 1.165) is 49.1 Å². The highest BCUT2D eigenvalue weighted by atomic mass is 16.5. The summed E-state index contributed by atoms with van der Waals surface area (Å²) in [5.41, 5.74) is 3.89. The van der Waals surface area contributed by atoms with Crippen molar-refractivity contribution in [2.75, 3.05) is 19.7 Å². The molecule has 0 aromatic carbocycles. The van der Waals surface area contributed by atoms with Crippen LogP contribution in [0.2, 0.25) is 0 Å². The number of carbonyl (C=O) groups is 1. The molecule has 0 bridgehead atoms. The molecule has 1 aliphatic heterocycles. The van der Waals surface area contributed by atoms with E-state index in [1.165, 1.54) is 6.42 Å². The summed E-state index contributed by atoms with van der Waals surface area (Å²) >= 11 is 0. The summed E-state index contributed by atoms with van der Waals surface area (Å²) in [6.45, 7) is 1.82. The molecule has 2 aromatic heterocycles. The molecule has 0 unspecified atom stereocenters. The van der Waals surface area contributed by atoms with Gasteiger partial charge in [-0.25, -0.2) is 9.97 Å². The van der Waals surface area contributed by atoms with Crippen molar-refractivity contribution in [2.24, 2.45) is 0 Å². The quantitative estimate of drug-likeness (QED) is 0.912. The minimum Gasteiger partial charge on any atom is -0.375 e. The lowest BCUT2D eigenvalue weighted by Crippen LogP contribution is -2.46. The fourth-order valence-electron chi connectivity index (χ4n) is 3.66. The van der Waals surface area contributed by atoms with E-state index < -0.39 is 0 Å². The van der Waals surface area contributed by atoms with Gasteiger partial charge in [0.15, 0.2) is 5.69 Å². The summed E-state index contributed by atoms with van der Waals surface area (Å²) in [6, 6.07) is 1.92. The van der Waals surface area contributed by atoms with Gasteiger partial charge in [0.1, 0.15) is 6.33 Å². The molecule has 7 heteroatoms. The number of nitrogens with zero attached hydrogens (tertiary/aromatic N) is 4. The summed E-state index contributed by atoms with van der Waals surface area (Å²) in [4.78, 5) is 23.0. The molecule has 1 fully saturated rings. The Morgan fingerprint density at radius 3 is 3.16 bits per heavy atom. The van der Waals surface area contributed by atoms with E-state index >= 15 is 0 Å². The molecular weight excluding hydrogens is 318 g/mol. The van der Waals surface area contributed by atoms with Gasteiger partial charge in [0.05, 0.1) is 12.7 Å². The molecule has 0 spiro atoms. The molecule has 7 nitrogen and oxygen atoms in total. The number of carbonyl (C=O) groups excluding carboxylic acids is 1. The SMILES string of the molecule is O=C(c1n[nH]c2c1CCCC2)N1CCO[C@H](CCc2ccncn2)C1. The fraction of sp³-hybridized carbons (Fsp3) is 0.556. The number of nitrogens with one attached hydrogen (secondary N) is 1. The molecule has 25 heavy (non-hydrogen) atoms. The fourth-order valence-corrected chi connectivity index (χ4v) is 3.66. The summed E-state index contributed by atoms with van der Waals surface area (Å²) in [5, 5.41) is 7.38. The van der Waals surface area contributed by atoms with Crippen molar-refractivity contribution in [1.82, 2.24) is 25.1 Å². The molecule has 0 radical (unpaired) electrons. The van der Waals surface area contributed by atoms with Crippen molar-refractivity contribution < 1.29 is 9.53 Å². The van der Waals surface area contributed by atoms with E-state index in [0.29, 0.717) is 25.4 Å². The van der Waals surface area contributed by atoms with Gasteiger partial charge in [-0.2, -0.15) is 5.10 Å². The summed E-state index contributed by atoms with van der Waals surface area (Å²) < 4.78 is 5.84. The molecule has 2 aliphatic rings. The maximum Gasteiger partial charge on any atom is 0.274 e. The van der Waals surface area contributed by atoms with Gasteiger partial charge in [-0.3, -0.25) is 9.89 Å². The van der Waals surface area contributed by atoms with Crippen LogP contribution in [-0.2, 0) is 24.0 Å². The van der Waals surface area contributed by atoms with Gasteiger partial charge >= 0.3 is 0 Å². The highest BCUT2D eigenvalue weighted by molar-refractivity contribution is 5.94. The first kappa shape index (κ1) is 16.2. The van der Waals surface area contributed by atoms with Crippen molar-refractivity contribution in [1.29, 1.82) is 0 Å². The van der Waals surface area contributed by atoms with Crippen molar-refractivity contribution in [2.45, 2.75) is 44.6 Å². The first-order chi connectivity index (χ1) is 12.3. The minimum atomic E-state index is 0.0368. The van der Waals surface area contributed by atoms with Gasteiger partial charge in [0.25, 0.3) is 5.91 Å². The molecule has 4 rings (SSSR count). The van der Waals surface area contributed by atoms with E-state index in [4.69, 9.17) is 4.74 Å². The van der Waals surface area contributed by atoms with Gasteiger partial charge in [-0.1, -0.05) is 0 Å². The van der Waals surface area contributed by atoms with Crippen LogP contribution in [0.15, 0.2) is 18.6 Å². The van der Waals surface area contributed by atoms with E-state index in [2.05, 4.69) is 20.2 Å². The van der Waals surface area contributed by atoms with Crippen LogP contribution in [0.4, 0.5) is 0 Å². The van der Waals surface area contributed by atoms with Crippen LogP contribution in [-0.4, -0.2) is 56.8 Å². The van der Waals surface area contributed by atoms with Crippen LogP contribution >= 0.6 is 0 Å². The standard InChI is InChI=1S/C18H23N5O2/c24-18(17-15-3-1-2-4-16(15)21-22-17)23-9-10-25-14(11-23)6-5-13-7-8-19-12-20-13/h7-8,12,14H,1-6,9-11H2,(H,21,22)/t14-/m1/s1. The van der Waals surface area contributed by atoms with Crippen LogP contribution < -0.4 is 0 Å². The number of fused-ring (bicyclic) bond motifs is 1. The van der Waals surface area contributed by atoms with Crippen molar-refractivity contribution >= 4 is 5.91 Å². The van der Waals surface area contributed by atoms with Gasteiger partial charge < -0.3 is 9.64 Å². The predicted molar refractivity (Wildman–Crippen MR) is 91.2 cm³/mol. The highest BCUT2D eigenvalue weighted by Gasteiger charge is 2.29. The number of rotatable bonds is 4. The van der Waals surface area contributed by atoms with Crippen molar-refractivity contribution in [3.05, 3.63) is 41.2 Å². The average Bonchev–Trinajstić information content (AvgIpc) is 3.11. The lowest BCUT2D eigenvalue weighted by atomic mass is 9.95. The largest absolute Gasteiger partial charge is 0.375 e. The van der Waals surface area contributed by atoms with Crippen LogP contribution in [0.5, 0.6) is 0 Å². The molecule has 1 aliphatic carbocycles. The van der Waals surface area contributed by atoms with E-state index in [1.54, 1.807) is 12.5 Å². The van der Waals surface area contributed by atoms with Crippen LogP contribution in [0.3, 0.4) is 0 Å². The molecule has 1 amide bonds. The molecule has 132 valence electrons. The Morgan fingerprint density at radius 1 is 1.36 bits per heavy atom. The monoisotopic (exact) mass is 341 g/mol. The Balaban J connectivity index is 1.39. The third-order valence-corrected chi connectivity index (χ3v) is 5.05. The number of aromatic amines is 1. The Bertz CT molecular complexity index is 730. The normalized spacial score (nSPS) is 20.3. The number of ether oxygens (including phenoxy) is 1. The molecule has 2 aromatic rings. The average molecular weight is 341 g/mol. The Hall–Kier alpha value is -2.28. The molecular formula is C18H23N5O2. The zero-order valence-corrected chi connectivity index (χ0v) is 14.3. The van der Waals surface area contributed by atoms with Crippen molar-refractivity contribution in [3.8, 4) is 0 Å². The second kappa shape index (κ2) is 7.31. The predicted octanol–water partition coefficient (Wildman–Crippen LogP) is 1.55. The first-order valence-corrected chi connectivity index (χ1v) is 9.03. The topological polar surface area (TPSA) is 84.0 Å². The summed E-state index contributed by atoms with van der Waals surface area (Å²) in [5.74, 6) is 0.0368. The van der Waals surface area contributed by atoms with E-state index in [9.17, 15) is 4.79 Å². The van der Waals surface area contributed by atoms with Crippen LogP contribution in [0, 0.1) is 0 Å². The molecule has 1 saturated heterocycles. The number of amides is 1. The van der Waals surface area contributed by atoms with Gasteiger partial charge in [0.2, 0.25) is 0 Å². The number of H-pyrrole nitrogens is 1. The number of hydrogen-bond donors (Lipinski definition) is 1. The summed E-state index contributed by atoms with van der Waals surface area (Å²) in [7, 11) is 0. The van der Waals surface area contributed by atoms with Gasteiger partial charge in [0, 0.05) is 36.2 Å². The highest BCUT2D eigenvalue weighted by Crippen LogP contribution is 2.24. The van der Waals surface area contributed by atoms with Gasteiger partial charge in [-0.05, 0) is 44.6 Å². The van der Waals surface area contributed by atoms with Crippen LogP contribution in [0.1, 0.15) is 46.7 Å². The van der Waals surface area contributed by atoms with Gasteiger partial charge in [-0.15, -0.1) is 0 Å². The molecule has 1 N–H and O–H groups in total. The lowest BCUT2D eigenvalue weighted by molar-refractivity contribution is -0.0249. The van der Waals surface area contributed by atoms with E-state index in [1.807, 2.05) is 11.0 Å². The zero-order chi connectivity index (χ0) is 17.1. The Labute approximate surface area is 146 Å². The minimum absolute atomic E-state index is 0.0368. The van der Waals surface area contributed by atoms with Crippen molar-refractivity contribution in [3.63, 3.8) is 0 Å². The maximum atomic E-state index is 12.9. The number of hydrogen-bond acceptors (Lipinski definition) is 5.